The van der Waals surface area contributed by atoms with E-state index in [1.807, 2.05) is 42.7 Å². The number of ether oxygens (including phenoxy) is 1. The zero-order chi connectivity index (χ0) is 15.8. The van der Waals surface area contributed by atoms with Gasteiger partial charge in [0.2, 0.25) is 0 Å². The molecule has 0 unspecified atom stereocenters. The molecule has 3 nitrogen and oxygen atoms in total. The highest BCUT2D eigenvalue weighted by atomic mass is 32.2. The molecular weight excluding hydrogens is 294 g/mol. The van der Waals surface area contributed by atoms with Gasteiger partial charge in [-0.3, -0.25) is 4.79 Å². The second-order valence-electron chi connectivity index (χ2n) is 4.91. The van der Waals surface area contributed by atoms with Gasteiger partial charge in [0.1, 0.15) is 5.75 Å². The topological polar surface area (TPSA) is 38.3 Å². The fraction of sp³-hybridized carbons (Fsp3) is 0.278. The monoisotopic (exact) mass is 315 g/mol. The van der Waals surface area contributed by atoms with E-state index in [0.29, 0.717) is 6.54 Å². The summed E-state index contributed by atoms with van der Waals surface area (Å²) in [4.78, 5) is 13.2. The van der Waals surface area contributed by atoms with Crippen LogP contribution in [-0.2, 0) is 6.42 Å². The number of hydrogen-bond donors (Lipinski definition) is 1. The quantitative estimate of drug-likeness (QED) is 0.624. The predicted molar refractivity (Wildman–Crippen MR) is 91.9 cm³/mol. The number of carbonyl (C=O) groups is 1. The van der Waals surface area contributed by atoms with Crippen molar-refractivity contribution in [2.75, 3.05) is 19.9 Å². The summed E-state index contributed by atoms with van der Waals surface area (Å²) in [6.45, 7) is 0.674. The molecule has 0 bridgehead atoms. The molecular formula is C18H21NO2S. The fourth-order valence-electron chi connectivity index (χ4n) is 2.21. The second kappa shape index (κ2) is 8.49. The summed E-state index contributed by atoms with van der Waals surface area (Å²) in [6.07, 6.45) is 3.84. The first-order valence-electron chi connectivity index (χ1n) is 7.28. The van der Waals surface area contributed by atoms with Crippen molar-refractivity contribution < 1.29 is 9.53 Å². The lowest BCUT2D eigenvalue weighted by atomic mass is 10.1. The Morgan fingerprint density at radius 3 is 2.55 bits per heavy atom. The molecule has 116 valence electrons. The number of benzene rings is 2. The molecule has 0 fully saturated rings. The van der Waals surface area contributed by atoms with Crippen molar-refractivity contribution in [3.8, 4) is 5.75 Å². The lowest BCUT2D eigenvalue weighted by Gasteiger charge is -2.08. The molecule has 2 rings (SSSR count). The average molecular weight is 315 g/mol. The number of methoxy groups -OCH3 is 1. The molecule has 4 heteroatoms. The maximum Gasteiger partial charge on any atom is 0.252 e. The van der Waals surface area contributed by atoms with Crippen LogP contribution in [0.1, 0.15) is 22.3 Å². The zero-order valence-corrected chi connectivity index (χ0v) is 13.8. The molecule has 22 heavy (non-hydrogen) atoms. The van der Waals surface area contributed by atoms with Crippen molar-refractivity contribution in [3.63, 3.8) is 0 Å². The van der Waals surface area contributed by atoms with Gasteiger partial charge in [-0.1, -0.05) is 24.3 Å². The molecule has 0 atom stereocenters. The number of thioether (sulfide) groups is 1. The molecule has 0 saturated carbocycles. The second-order valence-corrected chi connectivity index (χ2v) is 5.76. The molecule has 0 spiro atoms. The fourth-order valence-corrected chi connectivity index (χ4v) is 2.81. The van der Waals surface area contributed by atoms with Gasteiger partial charge in [0.05, 0.1) is 12.7 Å². The summed E-state index contributed by atoms with van der Waals surface area (Å²) in [5.74, 6) is 0.866. The predicted octanol–water partition coefficient (Wildman–Crippen LogP) is 3.78. The first-order chi connectivity index (χ1) is 10.7. The van der Waals surface area contributed by atoms with E-state index in [4.69, 9.17) is 4.74 Å². The third-order valence-electron chi connectivity index (χ3n) is 3.44. The van der Waals surface area contributed by atoms with Crippen LogP contribution in [0.25, 0.3) is 0 Å². The van der Waals surface area contributed by atoms with Crippen LogP contribution < -0.4 is 10.1 Å². The summed E-state index contributed by atoms with van der Waals surface area (Å²) in [5.41, 5.74) is 2.00. The van der Waals surface area contributed by atoms with Crippen LogP contribution in [0.15, 0.2) is 53.4 Å². The van der Waals surface area contributed by atoms with Crippen LogP contribution >= 0.6 is 11.8 Å². The molecule has 0 saturated heterocycles. The van der Waals surface area contributed by atoms with E-state index in [-0.39, 0.29) is 5.91 Å². The van der Waals surface area contributed by atoms with E-state index in [1.54, 1.807) is 18.9 Å². The third-order valence-corrected chi connectivity index (χ3v) is 4.23. The Labute approximate surface area is 136 Å². The van der Waals surface area contributed by atoms with Gasteiger partial charge in [-0.25, -0.2) is 0 Å². The van der Waals surface area contributed by atoms with Gasteiger partial charge >= 0.3 is 0 Å². The van der Waals surface area contributed by atoms with Crippen molar-refractivity contribution in [1.29, 1.82) is 0 Å². The number of amides is 1. The SMILES string of the molecule is COc1ccc(CCCNC(=O)c2ccccc2SC)cc1. The Hall–Kier alpha value is -1.94. The summed E-state index contributed by atoms with van der Waals surface area (Å²) >= 11 is 1.59. The molecule has 0 heterocycles. The Bertz CT molecular complexity index is 611. The highest BCUT2D eigenvalue weighted by Gasteiger charge is 2.09. The van der Waals surface area contributed by atoms with Crippen LogP contribution in [0.5, 0.6) is 5.75 Å². The summed E-state index contributed by atoms with van der Waals surface area (Å²) in [5, 5.41) is 2.99. The lowest BCUT2D eigenvalue weighted by Crippen LogP contribution is -2.25. The summed E-state index contributed by atoms with van der Waals surface area (Å²) in [6, 6.07) is 15.7. The number of carbonyl (C=O) groups excluding carboxylic acids is 1. The van der Waals surface area contributed by atoms with E-state index < -0.39 is 0 Å². The van der Waals surface area contributed by atoms with Gasteiger partial charge in [0.15, 0.2) is 0 Å². The van der Waals surface area contributed by atoms with Gasteiger partial charge in [-0.15, -0.1) is 11.8 Å². The minimum absolute atomic E-state index is 0.000295. The number of nitrogens with one attached hydrogen (secondary N) is 1. The van der Waals surface area contributed by atoms with Crippen LogP contribution in [0, 0.1) is 0 Å². The minimum atomic E-state index is -0.000295. The lowest BCUT2D eigenvalue weighted by molar-refractivity contribution is 0.0950. The molecule has 1 amide bonds. The van der Waals surface area contributed by atoms with E-state index in [1.165, 1.54) is 5.56 Å². The zero-order valence-electron chi connectivity index (χ0n) is 13.0. The Kier molecular flexibility index (Phi) is 6.34. The first-order valence-corrected chi connectivity index (χ1v) is 8.51. The summed E-state index contributed by atoms with van der Waals surface area (Å²) < 4.78 is 5.14. The molecule has 1 N–H and O–H groups in total. The molecule has 0 aliphatic carbocycles. The van der Waals surface area contributed by atoms with E-state index in [0.717, 1.165) is 29.1 Å². The normalized spacial score (nSPS) is 10.3. The highest BCUT2D eigenvalue weighted by molar-refractivity contribution is 7.98. The third kappa shape index (κ3) is 4.53. The smallest absolute Gasteiger partial charge is 0.252 e. The first kappa shape index (κ1) is 16.4. The van der Waals surface area contributed by atoms with Crippen LogP contribution in [0.3, 0.4) is 0 Å². The number of hydrogen-bond acceptors (Lipinski definition) is 3. The van der Waals surface area contributed by atoms with Crippen LogP contribution in [-0.4, -0.2) is 25.8 Å². The Balaban J connectivity index is 1.79. The van der Waals surface area contributed by atoms with Gasteiger partial charge in [-0.05, 0) is 48.9 Å². The number of aryl methyl sites for hydroxylation is 1. The molecule has 0 radical (unpaired) electrons. The van der Waals surface area contributed by atoms with Crippen molar-refractivity contribution in [3.05, 3.63) is 59.7 Å². The van der Waals surface area contributed by atoms with Gasteiger partial charge in [0, 0.05) is 11.4 Å². The van der Waals surface area contributed by atoms with Crippen LogP contribution in [0.2, 0.25) is 0 Å². The molecule has 0 aliphatic heterocycles. The van der Waals surface area contributed by atoms with Crippen molar-refractivity contribution in [1.82, 2.24) is 5.32 Å². The van der Waals surface area contributed by atoms with Crippen LogP contribution in [0.4, 0.5) is 0 Å². The van der Waals surface area contributed by atoms with Crippen molar-refractivity contribution in [2.45, 2.75) is 17.7 Å². The van der Waals surface area contributed by atoms with E-state index in [9.17, 15) is 4.79 Å². The maximum atomic E-state index is 12.2. The largest absolute Gasteiger partial charge is 0.497 e. The molecule has 0 aliphatic rings. The average Bonchev–Trinajstić information content (AvgIpc) is 2.59. The van der Waals surface area contributed by atoms with E-state index in [2.05, 4.69) is 17.4 Å². The van der Waals surface area contributed by atoms with E-state index >= 15 is 0 Å². The van der Waals surface area contributed by atoms with Gasteiger partial charge in [-0.2, -0.15) is 0 Å². The molecule has 0 aromatic heterocycles. The maximum absolute atomic E-state index is 12.2. The van der Waals surface area contributed by atoms with Crippen molar-refractivity contribution >= 4 is 17.7 Å². The standard InChI is InChI=1S/C18H21NO2S/c1-21-15-11-9-14(10-12-15)6-5-13-19-18(20)16-7-3-4-8-17(16)22-2/h3-4,7-12H,5-6,13H2,1-2H3,(H,19,20). The Morgan fingerprint density at radius 2 is 1.86 bits per heavy atom. The molecule has 2 aromatic carbocycles. The van der Waals surface area contributed by atoms with Gasteiger partial charge < -0.3 is 10.1 Å². The number of rotatable bonds is 7. The minimum Gasteiger partial charge on any atom is -0.497 e. The van der Waals surface area contributed by atoms with Crippen molar-refractivity contribution in [2.24, 2.45) is 0 Å². The molecule has 2 aromatic rings. The van der Waals surface area contributed by atoms with Gasteiger partial charge in [0.25, 0.3) is 5.91 Å². The highest BCUT2D eigenvalue weighted by Crippen LogP contribution is 2.19. The Morgan fingerprint density at radius 1 is 1.14 bits per heavy atom. The summed E-state index contributed by atoms with van der Waals surface area (Å²) in [7, 11) is 1.66.